The second-order valence-corrected chi connectivity index (χ2v) is 5.91. The van der Waals surface area contributed by atoms with E-state index in [9.17, 15) is 4.39 Å². The number of hydrogen-bond donors (Lipinski definition) is 2. The third-order valence-electron chi connectivity index (χ3n) is 3.62. The Morgan fingerprint density at radius 2 is 1.92 bits per heavy atom. The van der Waals surface area contributed by atoms with Crippen LogP contribution in [0.15, 0.2) is 29.3 Å². The molecule has 1 aromatic rings. The monoisotopic (exact) mass is 482 g/mol. The fourth-order valence-corrected chi connectivity index (χ4v) is 2.16. The smallest absolute Gasteiger partial charge is 0.191 e. The number of benzene rings is 1. The number of aliphatic imine (C=N–C) groups is 1. The van der Waals surface area contributed by atoms with E-state index in [0.717, 1.165) is 38.6 Å². The van der Waals surface area contributed by atoms with Gasteiger partial charge in [-0.25, -0.2) is 4.39 Å². The molecule has 1 rings (SSSR count). The van der Waals surface area contributed by atoms with Gasteiger partial charge in [0.25, 0.3) is 0 Å². The van der Waals surface area contributed by atoms with Crippen LogP contribution in [0, 0.1) is 5.82 Å². The van der Waals surface area contributed by atoms with E-state index in [2.05, 4.69) is 27.6 Å². The largest absolute Gasteiger partial charge is 0.489 e. The van der Waals surface area contributed by atoms with E-state index in [4.69, 9.17) is 9.47 Å². The van der Waals surface area contributed by atoms with Gasteiger partial charge in [0, 0.05) is 27.2 Å². The van der Waals surface area contributed by atoms with Crippen molar-refractivity contribution in [3.05, 3.63) is 30.1 Å². The number of guanidine groups is 1. The minimum atomic E-state index is -0.268. The summed E-state index contributed by atoms with van der Waals surface area (Å²) in [6.45, 7) is 6.07. The van der Waals surface area contributed by atoms with E-state index in [-0.39, 0.29) is 35.9 Å². The van der Waals surface area contributed by atoms with E-state index in [1.807, 2.05) is 6.92 Å². The molecule has 0 bridgehead atoms. The van der Waals surface area contributed by atoms with Crippen molar-refractivity contribution < 1.29 is 13.9 Å². The van der Waals surface area contributed by atoms with E-state index in [1.54, 1.807) is 26.3 Å². The standard InChI is InChI=1S/C18H31FN4O2.HI/c1-15(25-17-8-6-16(19)7-9-17)14-22-18(20-2)21-10-5-11-23(3)12-13-24-4;/h6-9,15H,5,10-14H2,1-4H3,(H2,20,21,22);1H. The Morgan fingerprint density at radius 3 is 2.54 bits per heavy atom. The van der Waals surface area contributed by atoms with Gasteiger partial charge in [-0.05, 0) is 51.2 Å². The van der Waals surface area contributed by atoms with Gasteiger partial charge in [-0.3, -0.25) is 4.99 Å². The molecule has 1 atom stereocenters. The first-order valence-electron chi connectivity index (χ1n) is 8.59. The summed E-state index contributed by atoms with van der Waals surface area (Å²) < 4.78 is 23.7. The van der Waals surface area contributed by atoms with Crippen molar-refractivity contribution in [2.45, 2.75) is 19.4 Å². The highest BCUT2D eigenvalue weighted by atomic mass is 127. The Hall–Kier alpha value is -1.13. The highest BCUT2D eigenvalue weighted by molar-refractivity contribution is 14.0. The summed E-state index contributed by atoms with van der Waals surface area (Å²) in [5, 5.41) is 6.51. The quantitative estimate of drug-likeness (QED) is 0.220. The third kappa shape index (κ3) is 11.5. The Labute approximate surface area is 173 Å². The normalized spacial score (nSPS) is 12.5. The average Bonchev–Trinajstić information content (AvgIpc) is 2.61. The molecular weight excluding hydrogens is 450 g/mol. The summed E-state index contributed by atoms with van der Waals surface area (Å²) >= 11 is 0. The molecule has 0 aliphatic heterocycles. The fourth-order valence-electron chi connectivity index (χ4n) is 2.16. The molecule has 0 aromatic heterocycles. The Morgan fingerprint density at radius 1 is 1.23 bits per heavy atom. The highest BCUT2D eigenvalue weighted by Crippen LogP contribution is 2.12. The van der Waals surface area contributed by atoms with Gasteiger partial charge < -0.3 is 25.0 Å². The lowest BCUT2D eigenvalue weighted by atomic mass is 10.3. The van der Waals surface area contributed by atoms with Crippen LogP contribution in [0.1, 0.15) is 13.3 Å². The number of rotatable bonds is 11. The zero-order chi connectivity index (χ0) is 18.5. The first-order valence-corrected chi connectivity index (χ1v) is 8.59. The number of likely N-dealkylation sites (N-methyl/N-ethyl adjacent to an activating group) is 1. The second-order valence-electron chi connectivity index (χ2n) is 5.91. The number of nitrogens with zero attached hydrogens (tertiary/aromatic N) is 2. The maximum Gasteiger partial charge on any atom is 0.191 e. The molecule has 0 saturated heterocycles. The van der Waals surface area contributed by atoms with Crippen molar-refractivity contribution in [3.63, 3.8) is 0 Å². The molecule has 0 spiro atoms. The van der Waals surface area contributed by atoms with Crippen LogP contribution in [0.3, 0.4) is 0 Å². The lowest BCUT2D eigenvalue weighted by Crippen LogP contribution is -2.42. The van der Waals surface area contributed by atoms with Crippen molar-refractivity contribution >= 4 is 29.9 Å². The van der Waals surface area contributed by atoms with Gasteiger partial charge in [0.15, 0.2) is 5.96 Å². The topological polar surface area (TPSA) is 58.1 Å². The SMILES string of the molecule is CN=C(NCCCN(C)CCOC)NCC(C)Oc1ccc(F)cc1.I. The minimum Gasteiger partial charge on any atom is -0.489 e. The minimum absolute atomic E-state index is 0. The average molecular weight is 482 g/mol. The Bertz CT molecular complexity index is 502. The van der Waals surface area contributed by atoms with Gasteiger partial charge in [-0.15, -0.1) is 24.0 Å². The van der Waals surface area contributed by atoms with Crippen LogP contribution in [0.5, 0.6) is 5.75 Å². The molecule has 0 heterocycles. The second kappa shape index (κ2) is 15.0. The molecule has 2 N–H and O–H groups in total. The van der Waals surface area contributed by atoms with Gasteiger partial charge in [-0.1, -0.05) is 0 Å². The van der Waals surface area contributed by atoms with E-state index in [1.165, 1.54) is 12.1 Å². The molecule has 1 unspecified atom stereocenters. The molecule has 1 aromatic carbocycles. The lowest BCUT2D eigenvalue weighted by molar-refractivity contribution is 0.161. The first kappa shape index (κ1) is 24.9. The van der Waals surface area contributed by atoms with Crippen molar-refractivity contribution in [1.82, 2.24) is 15.5 Å². The van der Waals surface area contributed by atoms with Gasteiger partial charge in [0.05, 0.1) is 13.2 Å². The van der Waals surface area contributed by atoms with Gasteiger partial charge >= 0.3 is 0 Å². The molecule has 0 fully saturated rings. The maximum atomic E-state index is 12.9. The van der Waals surface area contributed by atoms with E-state index >= 15 is 0 Å². The Kier molecular flexibility index (Phi) is 14.3. The van der Waals surface area contributed by atoms with E-state index < -0.39 is 0 Å². The van der Waals surface area contributed by atoms with Crippen LogP contribution in [0.4, 0.5) is 4.39 Å². The van der Waals surface area contributed by atoms with Gasteiger partial charge in [-0.2, -0.15) is 0 Å². The van der Waals surface area contributed by atoms with Crippen LogP contribution in [0.2, 0.25) is 0 Å². The molecule has 8 heteroatoms. The van der Waals surface area contributed by atoms with Crippen molar-refractivity contribution in [2.75, 3.05) is 54.0 Å². The summed E-state index contributed by atoms with van der Waals surface area (Å²) in [5.41, 5.74) is 0. The molecule has 0 aliphatic carbocycles. The molecule has 150 valence electrons. The fraction of sp³-hybridized carbons (Fsp3) is 0.611. The van der Waals surface area contributed by atoms with Gasteiger partial charge in [0.1, 0.15) is 17.7 Å². The molecular formula is C18H32FIN4O2. The predicted molar refractivity (Wildman–Crippen MR) is 115 cm³/mol. The number of nitrogens with one attached hydrogen (secondary N) is 2. The van der Waals surface area contributed by atoms with Crippen molar-refractivity contribution in [1.29, 1.82) is 0 Å². The molecule has 0 aliphatic rings. The van der Waals surface area contributed by atoms with Crippen LogP contribution >= 0.6 is 24.0 Å². The summed E-state index contributed by atoms with van der Waals surface area (Å²) in [4.78, 5) is 6.44. The first-order chi connectivity index (χ1) is 12.0. The number of ether oxygens (including phenoxy) is 2. The maximum absolute atomic E-state index is 12.9. The van der Waals surface area contributed by atoms with Gasteiger partial charge in [0.2, 0.25) is 0 Å². The molecule has 6 nitrogen and oxygen atoms in total. The summed E-state index contributed by atoms with van der Waals surface area (Å²) in [7, 11) is 5.54. The zero-order valence-corrected chi connectivity index (χ0v) is 18.5. The number of halogens is 2. The van der Waals surface area contributed by atoms with Crippen LogP contribution in [-0.2, 0) is 4.74 Å². The molecule has 0 amide bonds. The number of hydrogen-bond acceptors (Lipinski definition) is 4. The number of methoxy groups -OCH3 is 1. The molecule has 26 heavy (non-hydrogen) atoms. The summed E-state index contributed by atoms with van der Waals surface area (Å²) in [5.74, 6) is 1.13. The predicted octanol–water partition coefficient (Wildman–Crippen LogP) is 2.34. The third-order valence-corrected chi connectivity index (χ3v) is 3.62. The van der Waals surface area contributed by atoms with Crippen LogP contribution in [0.25, 0.3) is 0 Å². The van der Waals surface area contributed by atoms with Crippen LogP contribution < -0.4 is 15.4 Å². The lowest BCUT2D eigenvalue weighted by Gasteiger charge is -2.19. The highest BCUT2D eigenvalue weighted by Gasteiger charge is 2.06. The van der Waals surface area contributed by atoms with E-state index in [0.29, 0.717) is 12.3 Å². The Balaban J connectivity index is 0.00000625. The zero-order valence-electron chi connectivity index (χ0n) is 16.1. The molecule has 0 saturated carbocycles. The summed E-state index contributed by atoms with van der Waals surface area (Å²) in [6.07, 6.45) is 0.951. The van der Waals surface area contributed by atoms with Crippen LogP contribution in [-0.4, -0.2) is 71.0 Å². The van der Waals surface area contributed by atoms with Crippen molar-refractivity contribution in [3.8, 4) is 5.75 Å². The summed E-state index contributed by atoms with van der Waals surface area (Å²) in [6, 6.07) is 6.03. The van der Waals surface area contributed by atoms with Crippen molar-refractivity contribution in [2.24, 2.45) is 4.99 Å². The molecule has 0 radical (unpaired) electrons.